The maximum absolute atomic E-state index is 9.74. The van der Waals surface area contributed by atoms with Gasteiger partial charge in [-0.15, -0.1) is 0 Å². The van der Waals surface area contributed by atoms with Crippen molar-refractivity contribution in [2.24, 2.45) is 0 Å². The van der Waals surface area contributed by atoms with E-state index in [1.165, 1.54) is 0 Å². The second kappa shape index (κ2) is 4.48. The molecule has 0 aliphatic rings. The molecule has 0 saturated carbocycles. The summed E-state index contributed by atoms with van der Waals surface area (Å²) in [6.07, 6.45) is 0. The lowest BCUT2D eigenvalue weighted by atomic mass is 10.1. The molecule has 0 unspecified atom stereocenters. The van der Waals surface area contributed by atoms with Crippen molar-refractivity contribution >= 4 is 74.5 Å². The van der Waals surface area contributed by atoms with Gasteiger partial charge in [0.1, 0.15) is 0 Å². The van der Waals surface area contributed by atoms with Crippen molar-refractivity contribution in [1.29, 1.82) is 0 Å². The number of halogens is 4. The third-order valence-electron chi connectivity index (χ3n) is 2.19. The molecule has 0 spiro atoms. The SMILES string of the molecule is Oc1c(O)c(Br)c2c(Br)c(Br)ccc2c1Br. The quantitative estimate of drug-likeness (QED) is 0.508. The van der Waals surface area contributed by atoms with Gasteiger partial charge in [0.25, 0.3) is 0 Å². The Kier molecular flexibility index (Phi) is 3.55. The van der Waals surface area contributed by atoms with Gasteiger partial charge in [0.15, 0.2) is 11.5 Å². The van der Waals surface area contributed by atoms with Crippen LogP contribution in [0.4, 0.5) is 0 Å². The summed E-state index contributed by atoms with van der Waals surface area (Å²) in [7, 11) is 0. The van der Waals surface area contributed by atoms with Gasteiger partial charge in [0, 0.05) is 19.7 Å². The Morgan fingerprint density at radius 2 is 1.31 bits per heavy atom. The fourth-order valence-corrected chi connectivity index (χ4v) is 3.66. The molecular weight excluding hydrogens is 472 g/mol. The summed E-state index contributed by atoms with van der Waals surface area (Å²) in [5.74, 6) is -0.355. The zero-order chi connectivity index (χ0) is 12.0. The van der Waals surface area contributed by atoms with E-state index in [9.17, 15) is 10.2 Å². The van der Waals surface area contributed by atoms with Crippen molar-refractivity contribution in [1.82, 2.24) is 0 Å². The van der Waals surface area contributed by atoms with Crippen LogP contribution in [0, 0.1) is 0 Å². The molecule has 0 heterocycles. The molecule has 2 aromatic rings. The van der Waals surface area contributed by atoms with Crippen LogP contribution in [0.5, 0.6) is 11.5 Å². The van der Waals surface area contributed by atoms with Crippen molar-refractivity contribution in [2.75, 3.05) is 0 Å². The van der Waals surface area contributed by atoms with E-state index >= 15 is 0 Å². The minimum atomic E-state index is -0.182. The van der Waals surface area contributed by atoms with Crippen LogP contribution in [0.25, 0.3) is 10.8 Å². The number of phenolic OH excluding ortho intramolecular Hbond substituents is 2. The maximum Gasteiger partial charge on any atom is 0.173 e. The summed E-state index contributed by atoms with van der Waals surface area (Å²) in [6.45, 7) is 0. The van der Waals surface area contributed by atoms with Gasteiger partial charge in [0.2, 0.25) is 0 Å². The first-order chi connectivity index (χ1) is 7.45. The first-order valence-electron chi connectivity index (χ1n) is 4.11. The first-order valence-corrected chi connectivity index (χ1v) is 7.29. The lowest BCUT2D eigenvalue weighted by Gasteiger charge is -2.11. The standard InChI is InChI=1S/C10H4Br4O2/c11-4-2-1-3-5(7(4)13)8(14)10(16)9(15)6(3)12/h1-2,15-16H. The van der Waals surface area contributed by atoms with Crippen molar-refractivity contribution in [2.45, 2.75) is 0 Å². The summed E-state index contributed by atoms with van der Waals surface area (Å²) >= 11 is 13.4. The summed E-state index contributed by atoms with van der Waals surface area (Å²) in [5.41, 5.74) is 0. The zero-order valence-corrected chi connectivity index (χ0v) is 13.9. The molecule has 0 amide bonds. The first kappa shape index (κ1) is 12.7. The van der Waals surface area contributed by atoms with E-state index in [4.69, 9.17) is 0 Å². The summed E-state index contributed by atoms with van der Waals surface area (Å²) in [4.78, 5) is 0. The minimum absolute atomic E-state index is 0.173. The van der Waals surface area contributed by atoms with Crippen LogP contribution in [-0.2, 0) is 0 Å². The van der Waals surface area contributed by atoms with Gasteiger partial charge in [-0.25, -0.2) is 0 Å². The average molecular weight is 476 g/mol. The lowest BCUT2D eigenvalue weighted by molar-refractivity contribution is 0.400. The Labute approximate surface area is 125 Å². The normalized spacial score (nSPS) is 11.0. The second-order valence-corrected chi connectivity index (χ2v) is 6.34. The number of rotatable bonds is 0. The number of hydrogen-bond donors (Lipinski definition) is 2. The Morgan fingerprint density at radius 3 is 1.94 bits per heavy atom. The van der Waals surface area contributed by atoms with Gasteiger partial charge in [-0.05, 0) is 69.8 Å². The highest BCUT2D eigenvalue weighted by atomic mass is 79.9. The summed E-state index contributed by atoms with van der Waals surface area (Å²) in [6, 6.07) is 3.71. The molecule has 2 N–H and O–H groups in total. The Bertz CT molecular complexity index is 595. The van der Waals surface area contributed by atoms with Gasteiger partial charge >= 0.3 is 0 Å². The van der Waals surface area contributed by atoms with Crippen LogP contribution in [-0.4, -0.2) is 10.2 Å². The Balaban J connectivity index is 3.09. The highest BCUT2D eigenvalue weighted by molar-refractivity contribution is 9.13. The minimum Gasteiger partial charge on any atom is -0.503 e. The van der Waals surface area contributed by atoms with Crippen molar-refractivity contribution in [3.05, 3.63) is 30.0 Å². The summed E-state index contributed by atoms with van der Waals surface area (Å²) < 4.78 is 2.61. The smallest absolute Gasteiger partial charge is 0.173 e. The van der Waals surface area contributed by atoms with Gasteiger partial charge in [-0.3, -0.25) is 0 Å². The molecule has 0 aliphatic carbocycles. The van der Waals surface area contributed by atoms with Crippen LogP contribution in [0.2, 0.25) is 0 Å². The number of aromatic hydroxyl groups is 2. The number of benzene rings is 2. The fourth-order valence-electron chi connectivity index (χ4n) is 1.40. The molecule has 0 radical (unpaired) electrons. The molecule has 6 heteroatoms. The topological polar surface area (TPSA) is 40.5 Å². The van der Waals surface area contributed by atoms with Crippen LogP contribution in [0.1, 0.15) is 0 Å². The molecule has 84 valence electrons. The molecule has 0 atom stereocenters. The molecule has 0 saturated heterocycles. The predicted octanol–water partition coefficient (Wildman–Crippen LogP) is 5.30. The lowest BCUT2D eigenvalue weighted by Crippen LogP contribution is -1.83. The monoisotopic (exact) mass is 472 g/mol. The van der Waals surface area contributed by atoms with E-state index in [-0.39, 0.29) is 11.5 Å². The van der Waals surface area contributed by atoms with Gasteiger partial charge < -0.3 is 10.2 Å². The molecule has 0 aliphatic heterocycles. The highest BCUT2D eigenvalue weighted by Crippen LogP contribution is 2.49. The van der Waals surface area contributed by atoms with E-state index < -0.39 is 0 Å². The van der Waals surface area contributed by atoms with E-state index in [1.54, 1.807) is 0 Å². The van der Waals surface area contributed by atoms with E-state index in [0.717, 1.165) is 19.7 Å². The molecular formula is C10H4Br4O2. The molecule has 2 rings (SSSR count). The van der Waals surface area contributed by atoms with Crippen LogP contribution >= 0.6 is 63.7 Å². The largest absolute Gasteiger partial charge is 0.503 e. The molecule has 0 bridgehead atoms. The molecule has 2 nitrogen and oxygen atoms in total. The van der Waals surface area contributed by atoms with Crippen LogP contribution in [0.3, 0.4) is 0 Å². The number of fused-ring (bicyclic) bond motifs is 1. The second-order valence-electron chi connectivity index (χ2n) is 3.11. The third-order valence-corrected chi connectivity index (χ3v) is 5.78. The Hall–Kier alpha value is 0.220. The van der Waals surface area contributed by atoms with E-state index in [1.807, 2.05) is 12.1 Å². The number of phenols is 2. The van der Waals surface area contributed by atoms with Crippen LogP contribution in [0.15, 0.2) is 30.0 Å². The third kappa shape index (κ3) is 1.79. The molecule has 2 aromatic carbocycles. The van der Waals surface area contributed by atoms with E-state index in [0.29, 0.717) is 8.95 Å². The van der Waals surface area contributed by atoms with Crippen molar-refractivity contribution in [3.8, 4) is 11.5 Å². The van der Waals surface area contributed by atoms with Crippen LogP contribution < -0.4 is 0 Å². The Morgan fingerprint density at radius 1 is 0.750 bits per heavy atom. The van der Waals surface area contributed by atoms with Gasteiger partial charge in [-0.2, -0.15) is 0 Å². The molecule has 0 aromatic heterocycles. The van der Waals surface area contributed by atoms with E-state index in [2.05, 4.69) is 63.7 Å². The predicted molar refractivity (Wildman–Crippen MR) is 78.1 cm³/mol. The number of hydrogen-bond acceptors (Lipinski definition) is 2. The average Bonchev–Trinajstić information content (AvgIpc) is 2.27. The molecule has 16 heavy (non-hydrogen) atoms. The van der Waals surface area contributed by atoms with Gasteiger partial charge in [0.05, 0.1) is 8.95 Å². The van der Waals surface area contributed by atoms with Gasteiger partial charge in [-0.1, -0.05) is 6.07 Å². The maximum atomic E-state index is 9.74. The van der Waals surface area contributed by atoms with Crippen molar-refractivity contribution in [3.63, 3.8) is 0 Å². The fraction of sp³-hybridized carbons (Fsp3) is 0. The molecule has 0 fully saturated rings. The highest BCUT2D eigenvalue weighted by Gasteiger charge is 2.18. The summed E-state index contributed by atoms with van der Waals surface area (Å²) in [5, 5.41) is 21.0. The zero-order valence-electron chi connectivity index (χ0n) is 7.56. The van der Waals surface area contributed by atoms with Crippen molar-refractivity contribution < 1.29 is 10.2 Å².